The topological polar surface area (TPSA) is 40.5 Å². The molecule has 5 rings (SSSR count). The van der Waals surface area contributed by atoms with Crippen LogP contribution in [0.25, 0.3) is 0 Å². The molecule has 0 aromatic rings. The molecule has 2 heteroatoms. The van der Waals surface area contributed by atoms with Crippen molar-refractivity contribution in [3.8, 4) is 0 Å². The minimum absolute atomic E-state index is 0.107. The van der Waals surface area contributed by atoms with E-state index < -0.39 is 5.60 Å². The fraction of sp³-hybridized carbons (Fsp3) is 0.857. The number of allylic oxidation sites excluding steroid dienone is 1. The first-order chi connectivity index (χ1) is 14.1. The zero-order valence-corrected chi connectivity index (χ0v) is 19.8. The molecular weight excluding hydrogens is 368 g/mol. The first-order valence-corrected chi connectivity index (χ1v) is 12.8. The molecule has 2 nitrogen and oxygen atoms in total. The summed E-state index contributed by atoms with van der Waals surface area (Å²) in [6, 6.07) is 0. The third-order valence-electron chi connectivity index (χ3n) is 11.5. The summed E-state index contributed by atoms with van der Waals surface area (Å²) >= 11 is 0. The molecule has 0 aliphatic heterocycles. The average Bonchev–Trinajstić information content (AvgIpc) is 3.17. The quantitative estimate of drug-likeness (QED) is 0.524. The van der Waals surface area contributed by atoms with Gasteiger partial charge < -0.3 is 10.2 Å². The molecule has 4 fully saturated rings. The Hall–Kier alpha value is -0.600. The zero-order chi connectivity index (χ0) is 21.5. The van der Waals surface area contributed by atoms with Crippen LogP contribution in [0.2, 0.25) is 0 Å². The molecule has 0 aromatic carbocycles. The number of rotatable bonds is 2. The van der Waals surface area contributed by atoms with Crippen molar-refractivity contribution in [3.05, 3.63) is 23.8 Å². The van der Waals surface area contributed by atoms with E-state index in [-0.39, 0.29) is 6.10 Å². The molecule has 0 bridgehead atoms. The van der Waals surface area contributed by atoms with Gasteiger partial charge >= 0.3 is 0 Å². The maximum atomic E-state index is 10.7. The van der Waals surface area contributed by atoms with Crippen molar-refractivity contribution in [1.29, 1.82) is 0 Å². The first-order valence-electron chi connectivity index (χ1n) is 12.8. The van der Waals surface area contributed by atoms with Gasteiger partial charge in [0.15, 0.2) is 0 Å². The van der Waals surface area contributed by atoms with E-state index in [0.717, 1.165) is 54.9 Å². The fourth-order valence-electron chi connectivity index (χ4n) is 9.51. The maximum absolute atomic E-state index is 10.7. The lowest BCUT2D eigenvalue weighted by molar-refractivity contribution is -0.0613. The summed E-state index contributed by atoms with van der Waals surface area (Å²) in [5.74, 6) is 4.59. The van der Waals surface area contributed by atoms with Crippen molar-refractivity contribution in [2.75, 3.05) is 0 Å². The normalized spacial score (nSPS) is 54.2. The molecule has 168 valence electrons. The Morgan fingerprint density at radius 2 is 1.80 bits per heavy atom. The third-order valence-corrected chi connectivity index (χ3v) is 11.5. The van der Waals surface area contributed by atoms with Gasteiger partial charge in [0.1, 0.15) is 0 Å². The van der Waals surface area contributed by atoms with Crippen LogP contribution in [0.4, 0.5) is 0 Å². The molecule has 5 aliphatic rings. The van der Waals surface area contributed by atoms with Crippen LogP contribution < -0.4 is 0 Å². The van der Waals surface area contributed by atoms with E-state index in [4.69, 9.17) is 0 Å². The second kappa shape index (κ2) is 6.95. The second-order valence-corrected chi connectivity index (χ2v) is 12.8. The summed E-state index contributed by atoms with van der Waals surface area (Å²) in [5, 5.41) is 20.9. The van der Waals surface area contributed by atoms with Gasteiger partial charge in [0.05, 0.1) is 11.7 Å². The lowest BCUT2D eigenvalue weighted by Crippen LogP contribution is -2.51. The summed E-state index contributed by atoms with van der Waals surface area (Å²) in [6.45, 7) is 13.8. The lowest BCUT2D eigenvalue weighted by atomic mass is 9.46. The summed E-state index contributed by atoms with van der Waals surface area (Å²) < 4.78 is 0. The first kappa shape index (κ1) is 21.3. The van der Waals surface area contributed by atoms with Crippen LogP contribution in [0.1, 0.15) is 91.9 Å². The zero-order valence-electron chi connectivity index (χ0n) is 19.8. The molecule has 0 saturated heterocycles. The monoisotopic (exact) mass is 412 g/mol. The minimum Gasteiger partial charge on any atom is -0.393 e. The minimum atomic E-state index is -0.653. The van der Waals surface area contributed by atoms with E-state index in [9.17, 15) is 10.2 Å². The Morgan fingerprint density at radius 1 is 1.03 bits per heavy atom. The van der Waals surface area contributed by atoms with Gasteiger partial charge in [0.2, 0.25) is 0 Å². The molecule has 0 heterocycles. The number of fused-ring (bicyclic) bond motifs is 5. The summed E-state index contributed by atoms with van der Waals surface area (Å²) in [5.41, 5.74) is 2.79. The molecular formula is C28H44O2. The van der Waals surface area contributed by atoms with E-state index in [1.165, 1.54) is 38.5 Å². The van der Waals surface area contributed by atoms with Crippen molar-refractivity contribution in [2.45, 2.75) is 104 Å². The summed E-state index contributed by atoms with van der Waals surface area (Å²) in [6.07, 6.45) is 14.3. The largest absolute Gasteiger partial charge is 0.393 e. The molecule has 0 unspecified atom stereocenters. The third kappa shape index (κ3) is 2.95. The van der Waals surface area contributed by atoms with Crippen molar-refractivity contribution in [2.24, 2.45) is 46.3 Å². The molecule has 0 amide bonds. The van der Waals surface area contributed by atoms with Crippen LogP contribution in [0.3, 0.4) is 0 Å². The predicted octanol–water partition coefficient (Wildman–Crippen LogP) is 6.28. The van der Waals surface area contributed by atoms with Crippen LogP contribution >= 0.6 is 0 Å². The van der Waals surface area contributed by atoms with Gasteiger partial charge in [-0.15, -0.1) is 0 Å². The number of aliphatic hydroxyl groups excluding tert-OH is 1. The highest BCUT2D eigenvalue weighted by Crippen LogP contribution is 2.68. The Labute approximate surface area is 184 Å². The summed E-state index contributed by atoms with van der Waals surface area (Å²) in [4.78, 5) is 0. The van der Waals surface area contributed by atoms with E-state index in [1.807, 2.05) is 6.92 Å². The number of aliphatic hydroxyl groups is 2. The van der Waals surface area contributed by atoms with Crippen molar-refractivity contribution < 1.29 is 10.2 Å². The predicted molar refractivity (Wildman–Crippen MR) is 123 cm³/mol. The van der Waals surface area contributed by atoms with E-state index in [1.54, 1.807) is 5.57 Å². The Kier molecular flexibility index (Phi) is 4.92. The molecule has 0 spiro atoms. The van der Waals surface area contributed by atoms with Gasteiger partial charge in [-0.2, -0.15) is 0 Å². The molecule has 0 aromatic heterocycles. The standard InChI is InChI=1S/C28H44O2/c1-17-14-19(16-28(17,5)30)18(2)23-8-9-24-22-7-6-20-15-21(29)10-12-26(20,3)25(22)11-13-27(23,24)4/h6,18-19,21-25,29-30H,1,7-16H2,2-5H3/t18-,19-,21+,22+,23-,24+,25+,26+,27-,28-/m1/s1. The molecule has 5 aliphatic carbocycles. The number of hydrogen-bond acceptors (Lipinski definition) is 2. The van der Waals surface area contributed by atoms with Crippen molar-refractivity contribution >= 4 is 0 Å². The van der Waals surface area contributed by atoms with Crippen LogP contribution in [-0.4, -0.2) is 21.9 Å². The Bertz CT molecular complexity index is 750. The Morgan fingerprint density at radius 3 is 2.50 bits per heavy atom. The average molecular weight is 413 g/mol. The second-order valence-electron chi connectivity index (χ2n) is 12.8. The smallest absolute Gasteiger partial charge is 0.0829 e. The van der Waals surface area contributed by atoms with E-state index >= 15 is 0 Å². The van der Waals surface area contributed by atoms with Crippen LogP contribution in [0.15, 0.2) is 23.8 Å². The molecule has 2 N–H and O–H groups in total. The SMILES string of the molecule is C=C1C[C@@H]([C@@H](C)[C@H]2CC[C@H]3[C@@H]4CC=C5C[C@@H](O)CC[C@]5(C)[C@H]4CC[C@]23C)C[C@@]1(C)O. The van der Waals surface area contributed by atoms with E-state index in [2.05, 4.69) is 33.4 Å². The summed E-state index contributed by atoms with van der Waals surface area (Å²) in [7, 11) is 0. The molecule has 0 radical (unpaired) electrons. The molecule has 10 atom stereocenters. The maximum Gasteiger partial charge on any atom is 0.0829 e. The highest BCUT2D eigenvalue weighted by molar-refractivity contribution is 5.26. The van der Waals surface area contributed by atoms with Gasteiger partial charge in [-0.25, -0.2) is 0 Å². The van der Waals surface area contributed by atoms with Crippen LogP contribution in [0, 0.1) is 46.3 Å². The van der Waals surface area contributed by atoms with Gasteiger partial charge in [-0.1, -0.05) is 39.0 Å². The van der Waals surface area contributed by atoms with Crippen LogP contribution in [-0.2, 0) is 0 Å². The highest BCUT2D eigenvalue weighted by Gasteiger charge is 2.60. The Balaban J connectivity index is 1.38. The van der Waals surface area contributed by atoms with Crippen LogP contribution in [0.5, 0.6) is 0 Å². The molecule has 4 saturated carbocycles. The lowest BCUT2D eigenvalue weighted by Gasteiger charge is -2.58. The van der Waals surface area contributed by atoms with Crippen molar-refractivity contribution in [3.63, 3.8) is 0 Å². The number of hydrogen-bond donors (Lipinski definition) is 2. The van der Waals surface area contributed by atoms with Gasteiger partial charge in [-0.3, -0.25) is 0 Å². The van der Waals surface area contributed by atoms with Gasteiger partial charge in [0.25, 0.3) is 0 Å². The van der Waals surface area contributed by atoms with Crippen molar-refractivity contribution in [1.82, 2.24) is 0 Å². The fourth-order valence-corrected chi connectivity index (χ4v) is 9.51. The highest BCUT2D eigenvalue weighted by atomic mass is 16.3. The van der Waals surface area contributed by atoms with E-state index in [0.29, 0.717) is 22.7 Å². The molecule has 30 heavy (non-hydrogen) atoms. The van der Waals surface area contributed by atoms with Gasteiger partial charge in [-0.05, 0) is 123 Å². The van der Waals surface area contributed by atoms with Gasteiger partial charge in [0, 0.05) is 0 Å².